The van der Waals surface area contributed by atoms with E-state index in [0.29, 0.717) is 6.54 Å². The van der Waals surface area contributed by atoms with E-state index in [0.717, 1.165) is 37.0 Å². The second-order valence-corrected chi connectivity index (χ2v) is 6.77. The topological polar surface area (TPSA) is 46.9 Å². The molecule has 0 unspecified atom stereocenters. The molecular weight excluding hydrogens is 310 g/mol. The third kappa shape index (κ3) is 2.82. The van der Waals surface area contributed by atoms with Crippen LogP contribution in [0.25, 0.3) is 11.0 Å². The molecule has 2 heterocycles. The van der Waals surface area contributed by atoms with Gasteiger partial charge in [-0.1, -0.05) is 30.3 Å². The Labute approximate surface area is 147 Å². The Kier molecular flexibility index (Phi) is 4.04. The number of aryl methyl sites for hydroxylation is 1. The summed E-state index contributed by atoms with van der Waals surface area (Å²) in [7, 11) is 0. The molecule has 0 spiro atoms. The number of nitrogens with one attached hydrogen (secondary N) is 1. The molecule has 4 rings (SSSR count). The van der Waals surface area contributed by atoms with Crippen LogP contribution >= 0.6 is 0 Å². The fraction of sp³-hybridized carbons (Fsp3) is 0.333. The van der Waals surface area contributed by atoms with E-state index in [1.807, 2.05) is 30.5 Å². The summed E-state index contributed by atoms with van der Waals surface area (Å²) in [4.78, 5) is 17.2. The van der Waals surface area contributed by atoms with E-state index >= 15 is 0 Å². The Bertz CT molecular complexity index is 894. The zero-order chi connectivity index (χ0) is 17.3. The zero-order valence-corrected chi connectivity index (χ0v) is 14.5. The highest BCUT2D eigenvalue weighted by Crippen LogP contribution is 2.48. The molecule has 0 bridgehead atoms. The molecule has 4 heteroatoms. The van der Waals surface area contributed by atoms with E-state index in [9.17, 15) is 4.79 Å². The van der Waals surface area contributed by atoms with Crippen molar-refractivity contribution in [2.24, 2.45) is 0 Å². The second-order valence-electron chi connectivity index (χ2n) is 6.77. The standard InChI is InChI=1S/C21H23N3O/c1-2-24-15-16(18-9-6-13-22-19(18)24)10-14-23-20(25)21(11-12-21)17-7-4-3-5-8-17/h3-9,13,15H,2,10-12,14H2,1H3,(H,23,25). The molecule has 0 aliphatic heterocycles. The Morgan fingerprint density at radius 1 is 1.20 bits per heavy atom. The van der Waals surface area contributed by atoms with Crippen LogP contribution < -0.4 is 5.32 Å². The normalized spacial score (nSPS) is 15.2. The number of nitrogens with zero attached hydrogens (tertiary/aromatic N) is 2. The molecule has 1 aromatic carbocycles. The Balaban J connectivity index is 1.44. The minimum Gasteiger partial charge on any atom is -0.355 e. The maximum atomic E-state index is 12.7. The summed E-state index contributed by atoms with van der Waals surface area (Å²) in [5, 5.41) is 4.34. The van der Waals surface area contributed by atoms with Crippen LogP contribution in [0.2, 0.25) is 0 Å². The van der Waals surface area contributed by atoms with Crippen LogP contribution in [0.15, 0.2) is 54.9 Å². The maximum Gasteiger partial charge on any atom is 0.230 e. The summed E-state index contributed by atoms with van der Waals surface area (Å²) in [6.45, 7) is 3.68. The molecular formula is C21H23N3O. The summed E-state index contributed by atoms with van der Waals surface area (Å²) in [6, 6.07) is 14.2. The highest BCUT2D eigenvalue weighted by atomic mass is 16.2. The fourth-order valence-corrected chi connectivity index (χ4v) is 3.64. The predicted molar refractivity (Wildman–Crippen MR) is 99.5 cm³/mol. The summed E-state index contributed by atoms with van der Waals surface area (Å²) in [6.07, 6.45) is 6.71. The highest BCUT2D eigenvalue weighted by molar-refractivity contribution is 5.91. The lowest BCUT2D eigenvalue weighted by Crippen LogP contribution is -2.35. The van der Waals surface area contributed by atoms with Crippen molar-refractivity contribution >= 4 is 16.9 Å². The number of pyridine rings is 1. The lowest BCUT2D eigenvalue weighted by molar-refractivity contribution is -0.123. The number of carbonyl (C=O) groups is 1. The molecule has 25 heavy (non-hydrogen) atoms. The van der Waals surface area contributed by atoms with Gasteiger partial charge in [-0.15, -0.1) is 0 Å². The third-order valence-corrected chi connectivity index (χ3v) is 5.25. The van der Waals surface area contributed by atoms with Crippen molar-refractivity contribution in [3.8, 4) is 0 Å². The van der Waals surface area contributed by atoms with Gasteiger partial charge in [0.2, 0.25) is 5.91 Å². The van der Waals surface area contributed by atoms with Crippen molar-refractivity contribution in [2.45, 2.75) is 38.1 Å². The van der Waals surface area contributed by atoms with Gasteiger partial charge in [0, 0.05) is 30.9 Å². The van der Waals surface area contributed by atoms with E-state index in [1.54, 1.807) is 0 Å². The average molecular weight is 333 g/mol. The lowest BCUT2D eigenvalue weighted by Gasteiger charge is -2.15. The maximum absolute atomic E-state index is 12.7. The minimum atomic E-state index is -0.291. The second kappa shape index (κ2) is 6.36. The minimum absolute atomic E-state index is 0.163. The van der Waals surface area contributed by atoms with Crippen LogP contribution in [0.5, 0.6) is 0 Å². The largest absolute Gasteiger partial charge is 0.355 e. The Morgan fingerprint density at radius 2 is 2.00 bits per heavy atom. The van der Waals surface area contributed by atoms with Crippen LogP contribution in [0.4, 0.5) is 0 Å². The van der Waals surface area contributed by atoms with Gasteiger partial charge < -0.3 is 9.88 Å². The van der Waals surface area contributed by atoms with Crippen molar-refractivity contribution in [3.63, 3.8) is 0 Å². The fourth-order valence-electron chi connectivity index (χ4n) is 3.64. The van der Waals surface area contributed by atoms with Gasteiger partial charge in [0.05, 0.1) is 5.41 Å². The van der Waals surface area contributed by atoms with Crippen molar-refractivity contribution in [3.05, 3.63) is 66.0 Å². The SMILES string of the molecule is CCn1cc(CCNC(=O)C2(c3ccccc3)CC2)c2cccnc21. The highest BCUT2D eigenvalue weighted by Gasteiger charge is 2.50. The molecule has 1 saturated carbocycles. The van der Waals surface area contributed by atoms with E-state index in [-0.39, 0.29) is 11.3 Å². The molecule has 4 nitrogen and oxygen atoms in total. The number of hydrogen-bond donors (Lipinski definition) is 1. The number of rotatable bonds is 6. The van der Waals surface area contributed by atoms with Gasteiger partial charge in [0.25, 0.3) is 0 Å². The van der Waals surface area contributed by atoms with Crippen LogP contribution in [0, 0.1) is 0 Å². The van der Waals surface area contributed by atoms with Crippen LogP contribution in [-0.2, 0) is 23.2 Å². The molecule has 0 atom stereocenters. The molecule has 0 radical (unpaired) electrons. The third-order valence-electron chi connectivity index (χ3n) is 5.25. The van der Waals surface area contributed by atoms with Crippen LogP contribution in [0.1, 0.15) is 30.9 Å². The number of hydrogen-bond acceptors (Lipinski definition) is 2. The smallest absolute Gasteiger partial charge is 0.230 e. The first-order valence-electron chi connectivity index (χ1n) is 9.01. The van der Waals surface area contributed by atoms with Crippen molar-refractivity contribution in [1.82, 2.24) is 14.9 Å². The zero-order valence-electron chi connectivity index (χ0n) is 14.5. The molecule has 3 aromatic rings. The predicted octanol–water partition coefficient (Wildman–Crippen LogP) is 3.45. The van der Waals surface area contributed by atoms with Crippen molar-refractivity contribution in [1.29, 1.82) is 0 Å². The molecule has 0 saturated heterocycles. The van der Waals surface area contributed by atoms with Crippen molar-refractivity contribution < 1.29 is 4.79 Å². The summed E-state index contributed by atoms with van der Waals surface area (Å²) >= 11 is 0. The molecule has 1 fully saturated rings. The lowest BCUT2D eigenvalue weighted by atomic mass is 9.95. The summed E-state index contributed by atoms with van der Waals surface area (Å²) in [5.41, 5.74) is 3.11. The molecule has 2 aromatic heterocycles. The summed E-state index contributed by atoms with van der Waals surface area (Å²) < 4.78 is 2.17. The van der Waals surface area contributed by atoms with E-state index < -0.39 is 0 Å². The van der Waals surface area contributed by atoms with E-state index in [2.05, 4.69) is 46.2 Å². The first-order valence-corrected chi connectivity index (χ1v) is 9.01. The van der Waals surface area contributed by atoms with E-state index in [1.165, 1.54) is 10.9 Å². The van der Waals surface area contributed by atoms with Crippen molar-refractivity contribution in [2.75, 3.05) is 6.54 Å². The van der Waals surface area contributed by atoms with Gasteiger partial charge in [-0.3, -0.25) is 4.79 Å². The molecule has 1 N–H and O–H groups in total. The number of benzene rings is 1. The van der Waals surface area contributed by atoms with Gasteiger partial charge in [0.1, 0.15) is 5.65 Å². The first kappa shape index (κ1) is 15.9. The van der Waals surface area contributed by atoms with Gasteiger partial charge in [-0.25, -0.2) is 4.98 Å². The van der Waals surface area contributed by atoms with Gasteiger partial charge in [-0.05, 0) is 49.4 Å². The van der Waals surface area contributed by atoms with Gasteiger partial charge >= 0.3 is 0 Å². The average Bonchev–Trinajstić information content (AvgIpc) is 3.40. The number of carbonyl (C=O) groups excluding carboxylic acids is 1. The molecule has 1 aliphatic rings. The number of amides is 1. The first-order chi connectivity index (χ1) is 12.2. The number of fused-ring (bicyclic) bond motifs is 1. The quantitative estimate of drug-likeness (QED) is 0.751. The Morgan fingerprint density at radius 3 is 2.72 bits per heavy atom. The molecule has 128 valence electrons. The number of aromatic nitrogens is 2. The van der Waals surface area contributed by atoms with Crippen LogP contribution in [-0.4, -0.2) is 22.0 Å². The van der Waals surface area contributed by atoms with E-state index in [4.69, 9.17) is 0 Å². The van der Waals surface area contributed by atoms with Gasteiger partial charge in [0.15, 0.2) is 0 Å². The Hall–Kier alpha value is -2.62. The van der Waals surface area contributed by atoms with Crippen LogP contribution in [0.3, 0.4) is 0 Å². The molecule has 1 amide bonds. The monoisotopic (exact) mass is 333 g/mol. The van der Waals surface area contributed by atoms with Gasteiger partial charge in [-0.2, -0.15) is 0 Å². The molecule has 1 aliphatic carbocycles. The summed E-state index contributed by atoms with van der Waals surface area (Å²) in [5.74, 6) is 0.163.